The minimum atomic E-state index is -0.211. The van der Waals surface area contributed by atoms with Gasteiger partial charge in [0.1, 0.15) is 0 Å². The van der Waals surface area contributed by atoms with Gasteiger partial charge in [-0.25, -0.2) is 0 Å². The molecule has 0 bridgehead atoms. The van der Waals surface area contributed by atoms with Crippen LogP contribution in [0, 0.1) is 0 Å². The maximum Gasteiger partial charge on any atom is 0.234 e. The Labute approximate surface area is 199 Å². The van der Waals surface area contributed by atoms with Gasteiger partial charge in [0, 0.05) is 22.4 Å². The maximum absolute atomic E-state index is 12.5. The summed E-state index contributed by atoms with van der Waals surface area (Å²) in [5.41, 5.74) is 1.47. The number of anilines is 1. The van der Waals surface area contributed by atoms with Crippen LogP contribution in [-0.2, 0) is 22.5 Å². The number of hydrogen-bond donors (Lipinski definition) is 1. The van der Waals surface area contributed by atoms with E-state index in [-0.39, 0.29) is 17.8 Å². The van der Waals surface area contributed by atoms with Gasteiger partial charge < -0.3 is 10.1 Å². The zero-order chi connectivity index (χ0) is 21.8. The van der Waals surface area contributed by atoms with E-state index in [1.165, 1.54) is 16.6 Å². The average Bonchev–Trinajstić information content (AvgIpc) is 3.51. The Morgan fingerprint density at radius 2 is 2.16 bits per heavy atom. The van der Waals surface area contributed by atoms with Crippen LogP contribution in [0.5, 0.6) is 0 Å². The molecular weight excluding hydrogens is 475 g/mol. The van der Waals surface area contributed by atoms with Crippen molar-refractivity contribution in [2.45, 2.75) is 44.0 Å². The molecule has 164 valence electrons. The molecule has 0 radical (unpaired) electrons. The van der Waals surface area contributed by atoms with E-state index in [0.717, 1.165) is 37.3 Å². The molecule has 1 N–H and O–H groups in total. The Kier molecular flexibility index (Phi) is 7.55. The van der Waals surface area contributed by atoms with Crippen LogP contribution in [0.1, 0.15) is 24.6 Å². The molecule has 1 aliphatic heterocycles. The van der Waals surface area contributed by atoms with Crippen LogP contribution in [0.15, 0.2) is 34.8 Å². The van der Waals surface area contributed by atoms with Crippen LogP contribution >= 0.6 is 46.3 Å². The normalized spacial score (nSPS) is 16.0. The summed E-state index contributed by atoms with van der Waals surface area (Å²) in [4.78, 5) is 13.8. The number of para-hydroxylation sites is 1. The van der Waals surface area contributed by atoms with Crippen molar-refractivity contribution in [1.82, 2.24) is 14.8 Å². The lowest BCUT2D eigenvalue weighted by Crippen LogP contribution is -2.18. The second-order valence-corrected chi connectivity index (χ2v) is 9.89. The van der Waals surface area contributed by atoms with E-state index in [0.29, 0.717) is 27.4 Å². The quantitative estimate of drug-likeness (QED) is 0.399. The monoisotopic (exact) mass is 496 g/mol. The summed E-state index contributed by atoms with van der Waals surface area (Å²) < 4.78 is 7.91. The number of rotatable bonds is 8. The van der Waals surface area contributed by atoms with Crippen molar-refractivity contribution >= 4 is 57.9 Å². The predicted octanol–water partition coefficient (Wildman–Crippen LogP) is 5.79. The molecule has 6 nitrogen and oxygen atoms in total. The molecule has 1 amide bonds. The lowest BCUT2D eigenvalue weighted by atomic mass is 10.2. The van der Waals surface area contributed by atoms with Crippen LogP contribution in [0.4, 0.5) is 5.69 Å². The number of hydrogen-bond acceptors (Lipinski definition) is 6. The van der Waals surface area contributed by atoms with Crippen molar-refractivity contribution in [2.24, 2.45) is 0 Å². The van der Waals surface area contributed by atoms with Crippen molar-refractivity contribution in [2.75, 3.05) is 17.7 Å². The number of benzene rings is 1. The van der Waals surface area contributed by atoms with E-state index in [1.807, 2.05) is 0 Å². The third-order valence-corrected chi connectivity index (χ3v) is 7.62. The minimum Gasteiger partial charge on any atom is -0.376 e. The Morgan fingerprint density at radius 3 is 2.84 bits per heavy atom. The lowest BCUT2D eigenvalue weighted by Gasteiger charge is -2.14. The van der Waals surface area contributed by atoms with Gasteiger partial charge in [-0.2, -0.15) is 0 Å². The first-order chi connectivity index (χ1) is 15.0. The van der Waals surface area contributed by atoms with Crippen molar-refractivity contribution in [3.05, 3.63) is 44.6 Å². The molecule has 0 saturated carbocycles. The number of carbonyl (C=O) groups is 1. The van der Waals surface area contributed by atoms with Crippen molar-refractivity contribution in [1.29, 1.82) is 0 Å². The number of aromatic nitrogens is 3. The zero-order valence-electron chi connectivity index (χ0n) is 16.9. The maximum atomic E-state index is 12.5. The number of aryl methyl sites for hydroxylation is 1. The summed E-state index contributed by atoms with van der Waals surface area (Å²) in [6.45, 7) is 3.59. The number of carbonyl (C=O) groups excluding carboxylic acids is 1. The fraction of sp³-hybridized carbons (Fsp3) is 0.381. The van der Waals surface area contributed by atoms with Gasteiger partial charge in [0.05, 0.1) is 34.1 Å². The Morgan fingerprint density at radius 1 is 1.35 bits per heavy atom. The Bertz CT molecular complexity index is 1040. The first-order valence-corrected chi connectivity index (χ1v) is 12.7. The Balaban J connectivity index is 1.51. The number of nitrogens with zero attached hydrogens (tertiary/aromatic N) is 3. The molecule has 1 unspecified atom stereocenters. The summed E-state index contributed by atoms with van der Waals surface area (Å²) in [5, 5.41) is 15.2. The molecule has 1 aromatic carbocycles. The molecule has 0 aliphatic carbocycles. The molecule has 3 aromatic rings. The molecule has 31 heavy (non-hydrogen) atoms. The van der Waals surface area contributed by atoms with Crippen molar-refractivity contribution in [3.8, 4) is 11.4 Å². The molecule has 4 rings (SSSR count). The van der Waals surface area contributed by atoms with Crippen molar-refractivity contribution in [3.63, 3.8) is 0 Å². The fourth-order valence-electron chi connectivity index (χ4n) is 3.37. The SMILES string of the molecule is CCc1cc(-c2nnc(SCC(=O)Nc3c(Cl)cccc3Cl)n2CC2CCCO2)cs1. The van der Waals surface area contributed by atoms with Gasteiger partial charge in [-0.05, 0) is 37.5 Å². The smallest absolute Gasteiger partial charge is 0.234 e. The zero-order valence-corrected chi connectivity index (χ0v) is 20.1. The van der Waals surface area contributed by atoms with E-state index in [1.54, 1.807) is 29.5 Å². The van der Waals surface area contributed by atoms with Crippen LogP contribution in [0.25, 0.3) is 11.4 Å². The summed E-state index contributed by atoms with van der Waals surface area (Å²) in [6, 6.07) is 7.26. The van der Waals surface area contributed by atoms with Crippen LogP contribution in [-0.4, -0.2) is 39.1 Å². The summed E-state index contributed by atoms with van der Waals surface area (Å²) in [5.74, 6) is 0.759. The largest absolute Gasteiger partial charge is 0.376 e. The predicted molar refractivity (Wildman–Crippen MR) is 128 cm³/mol. The summed E-state index contributed by atoms with van der Waals surface area (Å²) in [6.07, 6.45) is 3.19. The highest BCUT2D eigenvalue weighted by Gasteiger charge is 2.23. The van der Waals surface area contributed by atoms with Gasteiger partial charge in [0.15, 0.2) is 11.0 Å². The van der Waals surface area contributed by atoms with Gasteiger partial charge in [0.2, 0.25) is 5.91 Å². The highest BCUT2D eigenvalue weighted by Crippen LogP contribution is 2.32. The average molecular weight is 497 g/mol. The van der Waals surface area contributed by atoms with E-state index < -0.39 is 0 Å². The molecule has 3 heterocycles. The van der Waals surface area contributed by atoms with E-state index >= 15 is 0 Å². The molecule has 10 heteroatoms. The number of amides is 1. The molecule has 1 atom stereocenters. The van der Waals surface area contributed by atoms with E-state index in [2.05, 4.69) is 38.5 Å². The molecule has 1 fully saturated rings. The van der Waals surface area contributed by atoms with Crippen LogP contribution < -0.4 is 5.32 Å². The van der Waals surface area contributed by atoms with Gasteiger partial charge >= 0.3 is 0 Å². The topological polar surface area (TPSA) is 69.0 Å². The van der Waals surface area contributed by atoms with Crippen molar-refractivity contribution < 1.29 is 9.53 Å². The van der Waals surface area contributed by atoms with Gasteiger partial charge in [-0.1, -0.05) is 48.0 Å². The number of halogens is 2. The standard InChI is InChI=1S/C21H22Cl2N4O2S2/c1-2-15-9-13(11-30-15)20-25-26-21(27(20)10-14-5-4-8-29-14)31-12-18(28)24-19-16(22)6-3-7-17(19)23/h3,6-7,9,11,14H,2,4-5,8,10,12H2,1H3,(H,24,28). The third-order valence-electron chi connectivity index (χ3n) is 4.95. The highest BCUT2D eigenvalue weighted by molar-refractivity contribution is 7.99. The molecule has 0 spiro atoms. The Hall–Kier alpha value is -1.58. The summed E-state index contributed by atoms with van der Waals surface area (Å²) in [7, 11) is 0. The second kappa shape index (κ2) is 10.4. The first kappa shape index (κ1) is 22.6. The number of ether oxygens (including phenoxy) is 1. The third kappa shape index (κ3) is 5.43. The van der Waals surface area contributed by atoms with Crippen LogP contribution in [0.2, 0.25) is 10.0 Å². The number of nitrogens with one attached hydrogen (secondary N) is 1. The van der Waals surface area contributed by atoms with Gasteiger partial charge in [-0.15, -0.1) is 21.5 Å². The van der Waals surface area contributed by atoms with Gasteiger partial charge in [-0.3, -0.25) is 9.36 Å². The van der Waals surface area contributed by atoms with Gasteiger partial charge in [0.25, 0.3) is 0 Å². The second-order valence-electron chi connectivity index (χ2n) is 7.14. The lowest BCUT2D eigenvalue weighted by molar-refractivity contribution is -0.113. The molecule has 2 aromatic heterocycles. The number of thiophene rings is 1. The number of thioether (sulfide) groups is 1. The molecule has 1 saturated heterocycles. The molecule has 1 aliphatic rings. The van der Waals surface area contributed by atoms with E-state index in [9.17, 15) is 4.79 Å². The minimum absolute atomic E-state index is 0.133. The van der Waals surface area contributed by atoms with E-state index in [4.69, 9.17) is 27.9 Å². The first-order valence-electron chi connectivity index (χ1n) is 10.0. The summed E-state index contributed by atoms with van der Waals surface area (Å²) >= 11 is 15.4. The fourth-order valence-corrected chi connectivity index (χ4v) is 5.42. The highest BCUT2D eigenvalue weighted by atomic mass is 35.5. The molecular formula is C21H22Cl2N4O2S2. The van der Waals surface area contributed by atoms with Crippen LogP contribution in [0.3, 0.4) is 0 Å².